The molecule has 0 unspecified atom stereocenters. The van der Waals surface area contributed by atoms with Gasteiger partial charge in [-0.25, -0.2) is 4.79 Å². The van der Waals surface area contributed by atoms with Crippen molar-refractivity contribution in [1.82, 2.24) is 10.2 Å². The Morgan fingerprint density at radius 1 is 1.35 bits per heavy atom. The molecule has 2 aromatic rings. The number of hydrogen-bond acceptors (Lipinski definition) is 7. The third-order valence-corrected chi connectivity index (χ3v) is 2.99. The number of rotatable bonds is 6. The van der Waals surface area contributed by atoms with Crippen LogP contribution in [0.4, 0.5) is 0 Å². The average molecular weight is 341 g/mol. The van der Waals surface area contributed by atoms with Gasteiger partial charge in [0, 0.05) is 6.92 Å². The fourth-order valence-corrected chi connectivity index (χ4v) is 2.05. The fourth-order valence-electron chi connectivity index (χ4n) is 1.79. The van der Waals surface area contributed by atoms with Crippen molar-refractivity contribution in [2.45, 2.75) is 33.5 Å². The third kappa shape index (κ3) is 4.35. The van der Waals surface area contributed by atoms with E-state index in [-0.39, 0.29) is 29.2 Å². The van der Waals surface area contributed by atoms with Gasteiger partial charge in [0.2, 0.25) is 5.89 Å². The highest BCUT2D eigenvalue weighted by Gasteiger charge is 2.18. The molecule has 1 aromatic carbocycles. The van der Waals surface area contributed by atoms with Gasteiger partial charge < -0.3 is 18.6 Å². The number of carbonyl (C=O) groups is 1. The summed E-state index contributed by atoms with van der Waals surface area (Å²) in [7, 11) is 1.47. The summed E-state index contributed by atoms with van der Waals surface area (Å²) >= 11 is 6.17. The van der Waals surface area contributed by atoms with Gasteiger partial charge in [-0.2, -0.15) is 0 Å². The molecule has 0 amide bonds. The SMILES string of the molecule is COc1cc(C(=O)OCc2nnc(C)o2)cc(Cl)c1OC(C)C. The second kappa shape index (κ2) is 7.32. The van der Waals surface area contributed by atoms with Gasteiger partial charge in [0.25, 0.3) is 5.89 Å². The smallest absolute Gasteiger partial charge is 0.338 e. The zero-order valence-electron chi connectivity index (χ0n) is 13.3. The summed E-state index contributed by atoms with van der Waals surface area (Å²) in [5, 5.41) is 7.66. The van der Waals surface area contributed by atoms with Gasteiger partial charge in [-0.3, -0.25) is 0 Å². The molecule has 0 spiro atoms. The van der Waals surface area contributed by atoms with Crippen molar-refractivity contribution in [2.75, 3.05) is 7.11 Å². The summed E-state index contributed by atoms with van der Waals surface area (Å²) in [5.41, 5.74) is 0.235. The van der Waals surface area contributed by atoms with Gasteiger partial charge in [-0.05, 0) is 26.0 Å². The molecule has 0 aliphatic carbocycles. The lowest BCUT2D eigenvalue weighted by Gasteiger charge is -2.16. The van der Waals surface area contributed by atoms with Crippen LogP contribution in [0.15, 0.2) is 16.5 Å². The highest BCUT2D eigenvalue weighted by atomic mass is 35.5. The number of nitrogens with zero attached hydrogens (tertiary/aromatic N) is 2. The van der Waals surface area contributed by atoms with E-state index in [9.17, 15) is 4.79 Å². The average Bonchev–Trinajstić information content (AvgIpc) is 2.91. The Morgan fingerprint density at radius 2 is 2.09 bits per heavy atom. The maximum absolute atomic E-state index is 12.1. The molecule has 0 radical (unpaired) electrons. The van der Waals surface area contributed by atoms with Crippen molar-refractivity contribution in [3.05, 3.63) is 34.5 Å². The van der Waals surface area contributed by atoms with Crippen molar-refractivity contribution in [3.8, 4) is 11.5 Å². The van der Waals surface area contributed by atoms with Crippen molar-refractivity contribution in [1.29, 1.82) is 0 Å². The molecule has 0 saturated heterocycles. The Hall–Kier alpha value is -2.28. The highest BCUT2D eigenvalue weighted by molar-refractivity contribution is 6.32. The second-order valence-electron chi connectivity index (χ2n) is 4.95. The van der Waals surface area contributed by atoms with Crippen LogP contribution in [0, 0.1) is 6.92 Å². The largest absolute Gasteiger partial charge is 0.493 e. The molecule has 2 rings (SSSR count). The normalized spacial score (nSPS) is 10.7. The van der Waals surface area contributed by atoms with Crippen LogP contribution >= 0.6 is 11.6 Å². The monoisotopic (exact) mass is 340 g/mol. The van der Waals surface area contributed by atoms with E-state index in [1.54, 1.807) is 6.92 Å². The summed E-state index contributed by atoms with van der Waals surface area (Å²) < 4.78 is 21.1. The lowest BCUT2D eigenvalue weighted by atomic mass is 10.2. The molecule has 8 heteroatoms. The number of aryl methyl sites for hydroxylation is 1. The molecule has 124 valence electrons. The van der Waals surface area contributed by atoms with Crippen LogP contribution in [0.2, 0.25) is 5.02 Å². The van der Waals surface area contributed by atoms with E-state index in [4.69, 9.17) is 30.2 Å². The molecule has 0 aliphatic rings. The van der Waals surface area contributed by atoms with Crippen molar-refractivity contribution < 1.29 is 23.4 Å². The van der Waals surface area contributed by atoms with E-state index in [2.05, 4.69) is 10.2 Å². The van der Waals surface area contributed by atoms with E-state index in [1.807, 2.05) is 13.8 Å². The summed E-state index contributed by atoms with van der Waals surface area (Å²) in [5.74, 6) is 0.766. The Kier molecular flexibility index (Phi) is 5.44. The van der Waals surface area contributed by atoms with Crippen LogP contribution in [-0.2, 0) is 11.3 Å². The van der Waals surface area contributed by atoms with Gasteiger partial charge >= 0.3 is 5.97 Å². The lowest BCUT2D eigenvalue weighted by molar-refractivity contribution is 0.0436. The highest BCUT2D eigenvalue weighted by Crippen LogP contribution is 2.37. The van der Waals surface area contributed by atoms with Crippen LogP contribution in [-0.4, -0.2) is 29.4 Å². The molecule has 0 saturated carbocycles. The molecular weight excluding hydrogens is 324 g/mol. The Morgan fingerprint density at radius 3 is 2.65 bits per heavy atom. The molecule has 23 heavy (non-hydrogen) atoms. The van der Waals surface area contributed by atoms with Gasteiger partial charge in [-0.15, -0.1) is 10.2 Å². The number of ether oxygens (including phenoxy) is 3. The number of methoxy groups -OCH3 is 1. The lowest BCUT2D eigenvalue weighted by Crippen LogP contribution is -2.09. The van der Waals surface area contributed by atoms with E-state index in [0.29, 0.717) is 17.4 Å². The Bertz CT molecular complexity index is 699. The van der Waals surface area contributed by atoms with Crippen LogP contribution in [0.3, 0.4) is 0 Å². The Labute approximate surface area is 138 Å². The van der Waals surface area contributed by atoms with E-state index < -0.39 is 5.97 Å². The Balaban J connectivity index is 2.15. The molecule has 0 aliphatic heterocycles. The predicted molar refractivity (Wildman–Crippen MR) is 81.9 cm³/mol. The van der Waals surface area contributed by atoms with Crippen LogP contribution in [0.25, 0.3) is 0 Å². The summed E-state index contributed by atoms with van der Waals surface area (Å²) in [6, 6.07) is 2.97. The third-order valence-electron chi connectivity index (χ3n) is 2.71. The van der Waals surface area contributed by atoms with Crippen LogP contribution < -0.4 is 9.47 Å². The quantitative estimate of drug-likeness (QED) is 0.746. The van der Waals surface area contributed by atoms with Gasteiger partial charge in [-0.1, -0.05) is 11.6 Å². The van der Waals surface area contributed by atoms with Gasteiger partial charge in [0.15, 0.2) is 18.1 Å². The van der Waals surface area contributed by atoms with Crippen molar-refractivity contribution >= 4 is 17.6 Å². The van der Waals surface area contributed by atoms with Crippen LogP contribution in [0.5, 0.6) is 11.5 Å². The molecule has 0 fully saturated rings. The van der Waals surface area contributed by atoms with Gasteiger partial charge in [0.05, 0.1) is 23.8 Å². The first-order valence-corrected chi connectivity index (χ1v) is 7.28. The van der Waals surface area contributed by atoms with E-state index in [1.165, 1.54) is 19.2 Å². The first kappa shape index (κ1) is 17.1. The molecule has 7 nitrogen and oxygen atoms in total. The fraction of sp³-hybridized carbons (Fsp3) is 0.400. The summed E-state index contributed by atoms with van der Waals surface area (Å²) in [4.78, 5) is 12.1. The number of hydrogen-bond donors (Lipinski definition) is 0. The number of halogens is 1. The van der Waals surface area contributed by atoms with Crippen LogP contribution in [0.1, 0.15) is 36.0 Å². The van der Waals surface area contributed by atoms with Gasteiger partial charge in [0.1, 0.15) is 0 Å². The number of aromatic nitrogens is 2. The second-order valence-corrected chi connectivity index (χ2v) is 5.35. The first-order valence-electron chi connectivity index (χ1n) is 6.91. The van der Waals surface area contributed by atoms with E-state index >= 15 is 0 Å². The van der Waals surface area contributed by atoms with E-state index in [0.717, 1.165) is 0 Å². The zero-order chi connectivity index (χ0) is 17.0. The first-order chi connectivity index (χ1) is 10.9. The predicted octanol–water partition coefficient (Wildman–Crippen LogP) is 3.18. The maximum atomic E-state index is 12.1. The molecule has 0 N–H and O–H groups in total. The minimum atomic E-state index is -0.586. The topological polar surface area (TPSA) is 83.7 Å². The molecule has 0 bridgehead atoms. The molecular formula is C15H17ClN2O5. The molecule has 1 aromatic heterocycles. The zero-order valence-corrected chi connectivity index (χ0v) is 14.0. The maximum Gasteiger partial charge on any atom is 0.338 e. The number of esters is 1. The number of carbonyl (C=O) groups excluding carboxylic acids is 1. The summed E-state index contributed by atoms with van der Waals surface area (Å²) in [6.45, 7) is 5.26. The van der Waals surface area contributed by atoms with Crippen molar-refractivity contribution in [3.63, 3.8) is 0 Å². The summed E-state index contributed by atoms with van der Waals surface area (Å²) in [6.07, 6.45) is -0.0834. The van der Waals surface area contributed by atoms with Crippen molar-refractivity contribution in [2.24, 2.45) is 0 Å². The molecule has 1 heterocycles. The molecule has 0 atom stereocenters. The minimum Gasteiger partial charge on any atom is -0.493 e. The standard InChI is InChI=1S/C15H17ClN2O5/c1-8(2)22-14-11(16)5-10(6-12(14)20-4)15(19)21-7-13-18-17-9(3)23-13/h5-6,8H,7H2,1-4H3. The minimum absolute atomic E-state index is 0.0834. The number of benzene rings is 1.